The van der Waals surface area contributed by atoms with Crippen LogP contribution in [-0.4, -0.2) is 17.2 Å². The van der Waals surface area contributed by atoms with E-state index in [1.807, 2.05) is 11.0 Å². The molecule has 0 saturated carbocycles. The molecule has 0 aliphatic carbocycles. The lowest BCUT2D eigenvalue weighted by Gasteiger charge is -2.42. The molecule has 1 heterocycles. The number of fused-ring (bicyclic) bond motifs is 1. The van der Waals surface area contributed by atoms with Crippen LogP contribution in [0.3, 0.4) is 0 Å². The molecule has 0 unspecified atom stereocenters. The van der Waals surface area contributed by atoms with Crippen LogP contribution < -0.4 is 4.90 Å². The van der Waals surface area contributed by atoms with E-state index in [9.17, 15) is 4.79 Å². The number of aryl methyl sites for hydroxylation is 2. The van der Waals surface area contributed by atoms with Crippen molar-refractivity contribution >= 4 is 40.7 Å². The predicted molar refractivity (Wildman–Crippen MR) is 139 cm³/mol. The molecule has 4 rings (SSSR count). The van der Waals surface area contributed by atoms with Crippen LogP contribution in [0, 0.1) is 13.8 Å². The first-order valence-electron chi connectivity index (χ1n) is 10.8. The van der Waals surface area contributed by atoms with E-state index in [1.165, 1.54) is 26.5 Å². The van der Waals surface area contributed by atoms with Gasteiger partial charge >= 0.3 is 0 Å². The topological polar surface area (TPSA) is 20.3 Å². The molecule has 0 bridgehead atoms. The van der Waals surface area contributed by atoms with Crippen molar-refractivity contribution in [1.82, 2.24) is 0 Å². The summed E-state index contributed by atoms with van der Waals surface area (Å²) in [5.41, 5.74) is 5.48. The van der Waals surface area contributed by atoms with Gasteiger partial charge < -0.3 is 4.90 Å². The molecule has 3 aromatic carbocycles. The van der Waals surface area contributed by atoms with E-state index in [0.717, 1.165) is 16.1 Å². The maximum Gasteiger partial charge on any atom is 0.238 e. The van der Waals surface area contributed by atoms with Gasteiger partial charge in [-0.15, -0.1) is 11.8 Å². The van der Waals surface area contributed by atoms with Crippen molar-refractivity contribution in [2.75, 3.05) is 10.7 Å². The second-order valence-electron chi connectivity index (χ2n) is 8.86. The van der Waals surface area contributed by atoms with E-state index in [-0.39, 0.29) is 11.4 Å². The third-order valence-corrected chi connectivity index (χ3v) is 7.67. The molecule has 0 spiro atoms. The molecular weight excluding hydrogens is 430 g/mol. The Balaban J connectivity index is 1.49. The number of hydrogen-bond acceptors (Lipinski definition) is 3. The normalized spacial score (nSPS) is 14.7. The zero-order valence-electron chi connectivity index (χ0n) is 19.3. The highest BCUT2D eigenvalue weighted by Gasteiger charge is 2.36. The van der Waals surface area contributed by atoms with Crippen LogP contribution in [0.25, 0.3) is 5.57 Å². The van der Waals surface area contributed by atoms with Crippen molar-refractivity contribution < 1.29 is 4.79 Å². The number of nitrogens with zero attached hydrogens (tertiary/aromatic N) is 1. The number of rotatable bonds is 5. The lowest BCUT2D eigenvalue weighted by molar-refractivity contribution is -0.116. The van der Waals surface area contributed by atoms with Crippen molar-refractivity contribution in [3.63, 3.8) is 0 Å². The van der Waals surface area contributed by atoms with Crippen LogP contribution in [0.2, 0.25) is 0 Å². The minimum absolute atomic E-state index is 0.139. The molecule has 4 heteroatoms. The second-order valence-corrected chi connectivity index (χ2v) is 11.1. The Kier molecular flexibility index (Phi) is 6.55. The Hall–Kier alpha value is -2.43. The predicted octanol–water partition coefficient (Wildman–Crippen LogP) is 7.78. The lowest BCUT2D eigenvalue weighted by Crippen LogP contribution is -2.50. The zero-order valence-corrected chi connectivity index (χ0v) is 20.9. The Bertz CT molecular complexity index is 1160. The zero-order chi connectivity index (χ0) is 22.9. The van der Waals surface area contributed by atoms with E-state index in [2.05, 4.69) is 101 Å². The molecule has 0 atom stereocenters. The molecule has 0 fully saturated rings. The fraction of sp³-hybridized carbons (Fsp3) is 0.250. The average Bonchev–Trinajstić information content (AvgIpc) is 2.74. The van der Waals surface area contributed by atoms with Gasteiger partial charge in [0.15, 0.2) is 0 Å². The van der Waals surface area contributed by atoms with Crippen molar-refractivity contribution in [2.45, 2.75) is 54.8 Å². The quantitative estimate of drug-likeness (QED) is 0.363. The second kappa shape index (κ2) is 9.21. The first kappa shape index (κ1) is 22.8. The largest absolute Gasteiger partial charge is 0.302 e. The molecule has 0 N–H and O–H groups in total. The van der Waals surface area contributed by atoms with Gasteiger partial charge in [-0.2, -0.15) is 0 Å². The van der Waals surface area contributed by atoms with Crippen molar-refractivity contribution in [1.29, 1.82) is 0 Å². The summed E-state index contributed by atoms with van der Waals surface area (Å²) < 4.78 is 0. The smallest absolute Gasteiger partial charge is 0.238 e. The molecule has 0 saturated heterocycles. The van der Waals surface area contributed by atoms with Gasteiger partial charge in [0.25, 0.3) is 0 Å². The molecule has 1 aliphatic rings. The maximum absolute atomic E-state index is 13.5. The SMILES string of the molecule is CC1=CC(C)(C)N(C(=O)CSc2ccc(Sc3ccccc3)cc2)c2c(C)cc(C)cc21. The van der Waals surface area contributed by atoms with Gasteiger partial charge in [-0.1, -0.05) is 47.7 Å². The fourth-order valence-corrected chi connectivity index (χ4v) is 5.99. The number of amides is 1. The third-order valence-electron chi connectivity index (χ3n) is 5.65. The summed E-state index contributed by atoms with van der Waals surface area (Å²) in [4.78, 5) is 19.0. The Labute approximate surface area is 200 Å². The summed E-state index contributed by atoms with van der Waals surface area (Å²) in [5.74, 6) is 0.550. The summed E-state index contributed by atoms with van der Waals surface area (Å²) in [7, 11) is 0. The van der Waals surface area contributed by atoms with Crippen LogP contribution in [0.4, 0.5) is 5.69 Å². The minimum Gasteiger partial charge on any atom is -0.302 e. The summed E-state index contributed by atoms with van der Waals surface area (Å²) in [6.45, 7) is 10.6. The summed E-state index contributed by atoms with van der Waals surface area (Å²) in [6.07, 6.45) is 2.21. The molecule has 32 heavy (non-hydrogen) atoms. The number of carbonyl (C=O) groups excluding carboxylic acids is 1. The molecule has 1 amide bonds. The first-order chi connectivity index (χ1) is 15.2. The number of hydrogen-bond donors (Lipinski definition) is 0. The highest BCUT2D eigenvalue weighted by molar-refractivity contribution is 8.00. The molecular formula is C28H29NOS2. The minimum atomic E-state index is -0.356. The Morgan fingerprint density at radius 3 is 2.19 bits per heavy atom. The van der Waals surface area contributed by atoms with E-state index in [4.69, 9.17) is 0 Å². The van der Waals surface area contributed by atoms with Crippen molar-refractivity contribution in [2.24, 2.45) is 0 Å². The number of allylic oxidation sites excluding steroid dienone is 1. The number of thioether (sulfide) groups is 1. The van der Waals surface area contributed by atoms with Crippen LogP contribution in [0.5, 0.6) is 0 Å². The van der Waals surface area contributed by atoms with Gasteiger partial charge in [-0.05, 0) is 88.2 Å². The standard InChI is InChI=1S/C28H29NOS2/c1-19-15-20(2)27-25(16-19)21(3)17-28(4,5)29(27)26(30)18-31-22-11-13-24(14-12-22)32-23-9-7-6-8-10-23/h6-17H,18H2,1-5H3. The molecule has 2 nitrogen and oxygen atoms in total. The third kappa shape index (κ3) is 4.82. The molecule has 0 radical (unpaired) electrons. The van der Waals surface area contributed by atoms with Gasteiger partial charge in [-0.3, -0.25) is 4.79 Å². The first-order valence-corrected chi connectivity index (χ1v) is 12.6. The van der Waals surface area contributed by atoms with Gasteiger partial charge in [0, 0.05) is 20.2 Å². The average molecular weight is 460 g/mol. The van der Waals surface area contributed by atoms with E-state index in [1.54, 1.807) is 23.5 Å². The van der Waals surface area contributed by atoms with Crippen molar-refractivity contribution in [3.8, 4) is 0 Å². The van der Waals surface area contributed by atoms with Gasteiger partial charge in [-0.25, -0.2) is 0 Å². The van der Waals surface area contributed by atoms with Crippen LogP contribution >= 0.6 is 23.5 Å². The Morgan fingerprint density at radius 2 is 1.50 bits per heavy atom. The lowest BCUT2D eigenvalue weighted by atomic mass is 9.86. The number of anilines is 1. The van der Waals surface area contributed by atoms with E-state index < -0.39 is 0 Å². The fourth-order valence-electron chi connectivity index (χ4n) is 4.40. The van der Waals surface area contributed by atoms with Gasteiger partial charge in [0.05, 0.1) is 17.0 Å². The summed E-state index contributed by atoms with van der Waals surface area (Å²) >= 11 is 3.35. The summed E-state index contributed by atoms with van der Waals surface area (Å²) in [6, 6.07) is 23.2. The molecule has 0 aromatic heterocycles. The van der Waals surface area contributed by atoms with E-state index >= 15 is 0 Å². The number of carbonyl (C=O) groups is 1. The van der Waals surface area contributed by atoms with Crippen LogP contribution in [0.15, 0.2) is 87.5 Å². The maximum atomic E-state index is 13.5. The Morgan fingerprint density at radius 1 is 0.875 bits per heavy atom. The van der Waals surface area contributed by atoms with E-state index in [0.29, 0.717) is 5.75 Å². The molecule has 164 valence electrons. The highest BCUT2D eigenvalue weighted by atomic mass is 32.2. The molecule has 1 aliphatic heterocycles. The van der Waals surface area contributed by atoms with Crippen molar-refractivity contribution in [3.05, 3.63) is 89.5 Å². The summed E-state index contributed by atoms with van der Waals surface area (Å²) in [5, 5.41) is 0. The van der Waals surface area contributed by atoms with Gasteiger partial charge in [0.1, 0.15) is 0 Å². The molecule has 3 aromatic rings. The van der Waals surface area contributed by atoms with Crippen LogP contribution in [0.1, 0.15) is 37.5 Å². The number of benzene rings is 3. The monoisotopic (exact) mass is 459 g/mol. The highest BCUT2D eigenvalue weighted by Crippen LogP contribution is 2.42. The van der Waals surface area contributed by atoms with Gasteiger partial charge in [0.2, 0.25) is 5.91 Å². The van der Waals surface area contributed by atoms with Crippen LogP contribution in [-0.2, 0) is 4.79 Å².